The first-order valence-electron chi connectivity index (χ1n) is 5.45. The largest absolute Gasteiger partial charge is 0.390 e. The lowest BCUT2D eigenvalue weighted by molar-refractivity contribution is 0.0665. The molecule has 2 aliphatic rings. The van der Waals surface area contributed by atoms with Gasteiger partial charge < -0.3 is 10.8 Å². The quantitative estimate of drug-likeness (QED) is 0.664. The van der Waals surface area contributed by atoms with Crippen LogP contribution in [0.1, 0.15) is 32.1 Å². The van der Waals surface area contributed by atoms with Crippen LogP contribution < -0.4 is 5.73 Å². The summed E-state index contributed by atoms with van der Waals surface area (Å²) in [6.07, 6.45) is 6.39. The molecule has 2 heterocycles. The van der Waals surface area contributed by atoms with Gasteiger partial charge in [-0.3, -0.25) is 4.90 Å². The molecule has 76 valence electrons. The van der Waals surface area contributed by atoms with Crippen molar-refractivity contribution in [3.63, 3.8) is 0 Å². The predicted molar refractivity (Wildman–Crippen MR) is 52.4 cm³/mol. The molecule has 0 saturated carbocycles. The number of nitrogens with zero attached hydrogens (tertiary/aromatic N) is 1. The van der Waals surface area contributed by atoms with Crippen LogP contribution in [0.25, 0.3) is 0 Å². The van der Waals surface area contributed by atoms with Crippen LogP contribution in [0, 0.1) is 0 Å². The highest BCUT2D eigenvalue weighted by molar-refractivity contribution is 4.92. The van der Waals surface area contributed by atoms with Crippen LogP contribution in [-0.2, 0) is 0 Å². The molecule has 13 heavy (non-hydrogen) atoms. The predicted octanol–water partition coefficient (Wildman–Crippen LogP) is 0.323. The Morgan fingerprint density at radius 2 is 1.85 bits per heavy atom. The van der Waals surface area contributed by atoms with Gasteiger partial charge in [-0.05, 0) is 25.7 Å². The Morgan fingerprint density at radius 1 is 1.23 bits per heavy atom. The van der Waals surface area contributed by atoms with E-state index in [2.05, 4.69) is 4.90 Å². The van der Waals surface area contributed by atoms with Crippen LogP contribution in [0.3, 0.4) is 0 Å². The van der Waals surface area contributed by atoms with Crippen molar-refractivity contribution >= 4 is 0 Å². The van der Waals surface area contributed by atoms with E-state index >= 15 is 0 Å². The fourth-order valence-corrected chi connectivity index (χ4v) is 2.84. The highest BCUT2D eigenvalue weighted by Gasteiger charge is 2.36. The smallest absolute Gasteiger partial charge is 0.0789 e. The van der Waals surface area contributed by atoms with Gasteiger partial charge in [-0.15, -0.1) is 0 Å². The zero-order valence-electron chi connectivity index (χ0n) is 8.15. The second-order valence-electron chi connectivity index (χ2n) is 4.40. The number of aliphatic hydroxyl groups is 1. The Bertz CT molecular complexity index is 158. The van der Waals surface area contributed by atoms with Gasteiger partial charge in [0.1, 0.15) is 0 Å². The zero-order chi connectivity index (χ0) is 9.26. The topological polar surface area (TPSA) is 49.5 Å². The molecular weight excluding hydrogens is 164 g/mol. The van der Waals surface area contributed by atoms with E-state index in [1.54, 1.807) is 0 Å². The van der Waals surface area contributed by atoms with Crippen LogP contribution in [-0.4, -0.2) is 41.3 Å². The average molecular weight is 184 g/mol. The van der Waals surface area contributed by atoms with Crippen molar-refractivity contribution in [2.45, 2.75) is 50.3 Å². The lowest BCUT2D eigenvalue weighted by atomic mass is 10.0. The van der Waals surface area contributed by atoms with Crippen LogP contribution >= 0.6 is 0 Å². The first-order chi connectivity index (χ1) is 6.31. The molecule has 3 nitrogen and oxygen atoms in total. The lowest BCUT2D eigenvalue weighted by Crippen LogP contribution is -2.45. The van der Waals surface area contributed by atoms with Crippen molar-refractivity contribution in [2.75, 3.05) is 13.1 Å². The minimum Gasteiger partial charge on any atom is -0.390 e. The molecule has 2 fully saturated rings. The molecule has 3 atom stereocenters. The Morgan fingerprint density at radius 3 is 2.38 bits per heavy atom. The average Bonchev–Trinajstić information content (AvgIpc) is 2.41. The van der Waals surface area contributed by atoms with Crippen LogP contribution in [0.4, 0.5) is 0 Å². The van der Waals surface area contributed by atoms with Crippen LogP contribution in [0.5, 0.6) is 0 Å². The second kappa shape index (κ2) is 3.95. The number of hydrogen-bond donors (Lipinski definition) is 2. The van der Waals surface area contributed by atoms with Crippen molar-refractivity contribution in [3.05, 3.63) is 0 Å². The SMILES string of the molecule is NCC(O)CN1[C@@H]2CCC[C@H]1CC2. The molecule has 0 spiro atoms. The maximum atomic E-state index is 9.51. The van der Waals surface area contributed by atoms with E-state index < -0.39 is 0 Å². The third-order valence-electron chi connectivity index (χ3n) is 3.54. The fourth-order valence-electron chi connectivity index (χ4n) is 2.84. The summed E-state index contributed by atoms with van der Waals surface area (Å²) >= 11 is 0. The van der Waals surface area contributed by atoms with Crippen molar-refractivity contribution in [1.29, 1.82) is 0 Å². The molecule has 0 aromatic heterocycles. The number of hydrogen-bond acceptors (Lipinski definition) is 3. The molecule has 3 N–H and O–H groups in total. The normalized spacial score (nSPS) is 36.5. The third kappa shape index (κ3) is 1.87. The standard InChI is InChI=1S/C10H20N2O/c11-6-10(13)7-12-8-2-1-3-9(12)5-4-8/h8-10,13H,1-7,11H2/t8-,9+,10?. The maximum absolute atomic E-state index is 9.51. The summed E-state index contributed by atoms with van der Waals surface area (Å²) in [5.41, 5.74) is 5.42. The molecule has 2 aliphatic heterocycles. The van der Waals surface area contributed by atoms with E-state index in [9.17, 15) is 5.11 Å². The van der Waals surface area contributed by atoms with Crippen LogP contribution in [0.15, 0.2) is 0 Å². The van der Waals surface area contributed by atoms with E-state index in [4.69, 9.17) is 5.73 Å². The number of fused-ring (bicyclic) bond motifs is 2. The number of piperidine rings is 1. The Balaban J connectivity index is 1.91. The Kier molecular flexibility index (Phi) is 2.86. The third-order valence-corrected chi connectivity index (χ3v) is 3.54. The van der Waals surface area contributed by atoms with Gasteiger partial charge in [-0.2, -0.15) is 0 Å². The molecule has 1 unspecified atom stereocenters. The molecular formula is C10H20N2O. The Labute approximate surface area is 79.9 Å². The first kappa shape index (κ1) is 9.44. The second-order valence-corrected chi connectivity index (χ2v) is 4.40. The molecule has 0 aliphatic carbocycles. The monoisotopic (exact) mass is 184 g/mol. The van der Waals surface area contributed by atoms with Gasteiger partial charge in [0.2, 0.25) is 0 Å². The van der Waals surface area contributed by atoms with Crippen molar-refractivity contribution in [1.82, 2.24) is 4.90 Å². The summed E-state index contributed by atoms with van der Waals surface area (Å²) in [6.45, 7) is 1.20. The van der Waals surface area contributed by atoms with E-state index in [1.165, 1.54) is 32.1 Å². The minimum absolute atomic E-state index is 0.318. The van der Waals surface area contributed by atoms with E-state index in [0.717, 1.165) is 18.6 Å². The summed E-state index contributed by atoms with van der Waals surface area (Å²) in [5.74, 6) is 0. The summed E-state index contributed by atoms with van der Waals surface area (Å²) in [6, 6.07) is 1.50. The van der Waals surface area contributed by atoms with Crippen LogP contribution in [0.2, 0.25) is 0 Å². The molecule has 0 amide bonds. The van der Waals surface area contributed by atoms with E-state index in [0.29, 0.717) is 6.54 Å². The van der Waals surface area contributed by atoms with Gasteiger partial charge in [0, 0.05) is 25.2 Å². The lowest BCUT2D eigenvalue weighted by Gasteiger charge is -2.35. The number of rotatable bonds is 3. The van der Waals surface area contributed by atoms with E-state index in [1.807, 2.05) is 0 Å². The van der Waals surface area contributed by atoms with Gasteiger partial charge in [0.25, 0.3) is 0 Å². The fraction of sp³-hybridized carbons (Fsp3) is 1.00. The maximum Gasteiger partial charge on any atom is 0.0789 e. The Hall–Kier alpha value is -0.120. The summed E-state index contributed by atoms with van der Waals surface area (Å²) in [7, 11) is 0. The van der Waals surface area contributed by atoms with Crippen molar-refractivity contribution < 1.29 is 5.11 Å². The minimum atomic E-state index is -0.318. The molecule has 2 saturated heterocycles. The van der Waals surface area contributed by atoms with Gasteiger partial charge in [0.15, 0.2) is 0 Å². The van der Waals surface area contributed by atoms with Gasteiger partial charge in [-0.25, -0.2) is 0 Å². The summed E-state index contributed by atoms with van der Waals surface area (Å²) in [5, 5.41) is 9.51. The van der Waals surface area contributed by atoms with Gasteiger partial charge >= 0.3 is 0 Å². The molecule has 0 aromatic carbocycles. The van der Waals surface area contributed by atoms with Gasteiger partial charge in [0.05, 0.1) is 6.10 Å². The highest BCUT2D eigenvalue weighted by Crippen LogP contribution is 2.35. The van der Waals surface area contributed by atoms with Crippen molar-refractivity contribution in [3.8, 4) is 0 Å². The first-order valence-corrected chi connectivity index (χ1v) is 5.45. The number of nitrogens with two attached hydrogens (primary N) is 1. The number of aliphatic hydroxyl groups excluding tert-OH is 1. The van der Waals surface area contributed by atoms with Gasteiger partial charge in [-0.1, -0.05) is 6.42 Å². The highest BCUT2D eigenvalue weighted by atomic mass is 16.3. The van der Waals surface area contributed by atoms with E-state index in [-0.39, 0.29) is 6.10 Å². The van der Waals surface area contributed by atoms with Crippen molar-refractivity contribution in [2.24, 2.45) is 5.73 Å². The summed E-state index contributed by atoms with van der Waals surface area (Å²) < 4.78 is 0. The molecule has 3 heteroatoms. The summed E-state index contributed by atoms with van der Waals surface area (Å²) in [4.78, 5) is 2.49. The molecule has 0 aromatic rings. The molecule has 2 bridgehead atoms. The molecule has 2 rings (SSSR count). The molecule has 0 radical (unpaired) electrons. The zero-order valence-corrected chi connectivity index (χ0v) is 8.15.